The first kappa shape index (κ1) is 35.2. The molecule has 2 aromatic carbocycles. The van der Waals surface area contributed by atoms with Crippen LogP contribution in [0.5, 0.6) is 11.5 Å². The van der Waals surface area contributed by atoms with Crippen LogP contribution in [0.25, 0.3) is 0 Å². The lowest BCUT2D eigenvalue weighted by Gasteiger charge is -2.28. The normalized spacial score (nSPS) is 19.1. The fourth-order valence-corrected chi connectivity index (χ4v) is 7.06. The van der Waals surface area contributed by atoms with Crippen molar-refractivity contribution in [1.82, 2.24) is 16.0 Å². The number of thioether (sulfide) groups is 1. The molecule has 3 N–H and O–H groups in total. The molecule has 2 aliphatic carbocycles. The van der Waals surface area contributed by atoms with Crippen molar-refractivity contribution in [3.63, 3.8) is 0 Å². The number of esters is 1. The van der Waals surface area contributed by atoms with Crippen LogP contribution in [0.2, 0.25) is 0 Å². The number of carbonyl (C=O) groups excluding carboxylic acids is 3. The number of para-hydroxylation sites is 3. The van der Waals surface area contributed by atoms with Gasteiger partial charge in [0.2, 0.25) is 0 Å². The fraction of sp³-hybridized carbons (Fsp3) is 0.395. The minimum absolute atomic E-state index is 0.0306. The Morgan fingerprint density at radius 1 is 1.00 bits per heavy atom. The third-order valence-corrected chi connectivity index (χ3v) is 9.90. The fourth-order valence-electron chi connectivity index (χ4n) is 6.40. The molecule has 12 heteroatoms. The van der Waals surface area contributed by atoms with Crippen molar-refractivity contribution in [1.29, 1.82) is 0 Å². The number of anilines is 1. The molecule has 262 valence electrons. The van der Waals surface area contributed by atoms with Crippen LogP contribution in [0.15, 0.2) is 94.0 Å². The molecule has 0 saturated heterocycles. The van der Waals surface area contributed by atoms with Gasteiger partial charge in [-0.2, -0.15) is 4.99 Å². The van der Waals surface area contributed by atoms with E-state index in [4.69, 9.17) is 9.47 Å². The highest BCUT2D eigenvalue weighted by atomic mass is 32.2. The Hall–Kier alpha value is -4.68. The summed E-state index contributed by atoms with van der Waals surface area (Å²) in [5.41, 5.74) is 8.13. The molecule has 4 aliphatic rings. The molecule has 50 heavy (non-hydrogen) atoms. The summed E-state index contributed by atoms with van der Waals surface area (Å²) in [6.45, 7) is 2.53. The maximum absolute atomic E-state index is 14.3. The molecule has 0 bridgehead atoms. The Morgan fingerprint density at radius 3 is 2.64 bits per heavy atom. The number of hydrogen-bond acceptors (Lipinski definition) is 10. The van der Waals surface area contributed by atoms with E-state index >= 15 is 0 Å². The van der Waals surface area contributed by atoms with Gasteiger partial charge in [0.05, 0.1) is 30.0 Å². The van der Waals surface area contributed by atoms with Gasteiger partial charge >= 0.3 is 5.97 Å². The van der Waals surface area contributed by atoms with E-state index < -0.39 is 23.8 Å². The van der Waals surface area contributed by atoms with E-state index in [0.717, 1.165) is 44.3 Å². The van der Waals surface area contributed by atoms with E-state index in [1.54, 1.807) is 36.6 Å². The SMILES string of the molecule is CCCCCCOC(=O)CSC1=CN(C(C(=O)Nc2ccccc2Oc2ccccc2C2CCCCC2)C2=NC(=O)C3C=CC=CC3=N2)NN1. The summed E-state index contributed by atoms with van der Waals surface area (Å²) in [5, 5.41) is 5.10. The predicted octanol–water partition coefficient (Wildman–Crippen LogP) is 6.94. The number of amidine groups is 1. The van der Waals surface area contributed by atoms with Crippen LogP contribution in [0, 0.1) is 5.92 Å². The Bertz CT molecular complexity index is 1710. The lowest BCUT2D eigenvalue weighted by molar-refractivity contribution is -0.140. The van der Waals surface area contributed by atoms with Gasteiger partial charge in [0.15, 0.2) is 17.6 Å². The second kappa shape index (κ2) is 17.3. The first-order chi connectivity index (χ1) is 24.5. The minimum Gasteiger partial charge on any atom is -0.465 e. The Balaban J connectivity index is 1.21. The second-order valence-corrected chi connectivity index (χ2v) is 13.7. The first-order valence-corrected chi connectivity index (χ1v) is 18.5. The Labute approximate surface area is 297 Å². The summed E-state index contributed by atoms with van der Waals surface area (Å²) in [4.78, 5) is 48.7. The number of hydrazine groups is 2. The molecular weight excluding hydrogens is 653 g/mol. The van der Waals surface area contributed by atoms with Gasteiger partial charge in [-0.3, -0.25) is 24.8 Å². The number of allylic oxidation sites excluding steroid dienone is 3. The Kier molecular flexibility index (Phi) is 12.2. The summed E-state index contributed by atoms with van der Waals surface area (Å²) >= 11 is 1.24. The average molecular weight is 697 g/mol. The lowest BCUT2D eigenvalue weighted by Crippen LogP contribution is -2.53. The van der Waals surface area contributed by atoms with Crippen LogP contribution in [0.3, 0.4) is 0 Å². The highest BCUT2D eigenvalue weighted by Crippen LogP contribution is 2.40. The molecule has 2 heterocycles. The van der Waals surface area contributed by atoms with Crippen molar-refractivity contribution < 1.29 is 23.9 Å². The van der Waals surface area contributed by atoms with Crippen molar-refractivity contribution in [2.75, 3.05) is 17.7 Å². The number of amides is 2. The maximum Gasteiger partial charge on any atom is 0.316 e. The highest BCUT2D eigenvalue weighted by molar-refractivity contribution is 8.03. The molecule has 0 aromatic heterocycles. The van der Waals surface area contributed by atoms with Gasteiger partial charge in [0.1, 0.15) is 16.7 Å². The molecule has 0 radical (unpaired) electrons. The van der Waals surface area contributed by atoms with E-state index in [-0.39, 0.29) is 17.6 Å². The quantitative estimate of drug-likeness (QED) is 0.134. The zero-order valence-corrected chi connectivity index (χ0v) is 29.1. The average Bonchev–Trinajstić information content (AvgIpc) is 3.60. The summed E-state index contributed by atoms with van der Waals surface area (Å²) < 4.78 is 11.9. The second-order valence-electron chi connectivity index (χ2n) is 12.6. The highest BCUT2D eigenvalue weighted by Gasteiger charge is 2.37. The molecule has 0 spiro atoms. The smallest absolute Gasteiger partial charge is 0.316 e. The van der Waals surface area contributed by atoms with Crippen molar-refractivity contribution >= 4 is 46.8 Å². The predicted molar refractivity (Wildman–Crippen MR) is 197 cm³/mol. The molecular formula is C38H44N6O5S. The molecule has 2 atom stereocenters. The number of nitrogens with zero attached hydrogens (tertiary/aromatic N) is 3. The zero-order valence-electron chi connectivity index (χ0n) is 28.3. The van der Waals surface area contributed by atoms with Crippen molar-refractivity contribution in [3.8, 4) is 11.5 Å². The van der Waals surface area contributed by atoms with Gasteiger partial charge in [-0.25, -0.2) is 4.99 Å². The third-order valence-electron chi connectivity index (χ3n) is 9.01. The van der Waals surface area contributed by atoms with Crippen molar-refractivity contribution in [3.05, 3.63) is 89.6 Å². The number of unbranched alkanes of at least 4 members (excludes halogenated alkanes) is 3. The van der Waals surface area contributed by atoms with E-state index in [9.17, 15) is 14.4 Å². The molecule has 1 fully saturated rings. The number of carbonyl (C=O) groups is 3. The molecule has 2 aromatic rings. The number of rotatable bonds is 15. The van der Waals surface area contributed by atoms with E-state index in [1.165, 1.54) is 41.6 Å². The minimum atomic E-state index is -1.16. The van der Waals surface area contributed by atoms with Gasteiger partial charge in [-0.1, -0.05) is 106 Å². The van der Waals surface area contributed by atoms with Crippen molar-refractivity contribution in [2.24, 2.45) is 15.9 Å². The Morgan fingerprint density at radius 2 is 1.80 bits per heavy atom. The third kappa shape index (κ3) is 8.91. The standard InChI is InChI=1S/C38H44N6O5S/c1-2-3-4-14-23-48-34(45)25-50-33-24-44(43-42-33)35(36-39-29-19-10-8-18-28(29)37(46)41-36)38(47)40-30-20-11-13-22-32(30)49-31-21-12-9-17-27(31)26-15-6-5-7-16-26/h8-13,17-22,24,26,28,35,42-43H,2-7,14-16,23,25H2,1H3,(H,40,47). The van der Waals surface area contributed by atoms with Crippen LogP contribution in [-0.4, -0.2) is 52.7 Å². The van der Waals surface area contributed by atoms with Crippen LogP contribution < -0.4 is 21.0 Å². The number of aliphatic imine (C=N–C) groups is 2. The number of ether oxygens (including phenoxy) is 2. The van der Waals surface area contributed by atoms with E-state index in [0.29, 0.717) is 34.7 Å². The molecule has 2 aliphatic heterocycles. The zero-order chi connectivity index (χ0) is 34.7. The van der Waals surface area contributed by atoms with Crippen LogP contribution in [0.4, 0.5) is 5.69 Å². The molecule has 1 saturated carbocycles. The number of nitrogens with one attached hydrogen (secondary N) is 3. The molecule has 2 unspecified atom stereocenters. The topological polar surface area (TPSA) is 134 Å². The van der Waals surface area contributed by atoms with Crippen LogP contribution in [-0.2, 0) is 19.1 Å². The maximum atomic E-state index is 14.3. The number of benzene rings is 2. The number of fused-ring (bicyclic) bond motifs is 1. The van der Waals surface area contributed by atoms with Gasteiger partial charge in [-0.05, 0) is 55.0 Å². The van der Waals surface area contributed by atoms with Gasteiger partial charge in [0, 0.05) is 0 Å². The van der Waals surface area contributed by atoms with Gasteiger partial charge in [-0.15, -0.1) is 5.53 Å². The van der Waals surface area contributed by atoms with E-state index in [1.807, 2.05) is 36.4 Å². The van der Waals surface area contributed by atoms with E-state index in [2.05, 4.69) is 39.3 Å². The monoisotopic (exact) mass is 696 g/mol. The molecule has 2 amide bonds. The number of hydrogen-bond donors (Lipinski definition) is 3. The summed E-state index contributed by atoms with van der Waals surface area (Å²) in [6.07, 6.45) is 18.7. The van der Waals surface area contributed by atoms with Gasteiger partial charge < -0.3 is 14.8 Å². The van der Waals surface area contributed by atoms with Crippen molar-refractivity contribution in [2.45, 2.75) is 76.7 Å². The van der Waals surface area contributed by atoms with Crippen LogP contribution >= 0.6 is 11.8 Å². The summed E-state index contributed by atoms with van der Waals surface area (Å²) in [6, 6.07) is 14.2. The van der Waals surface area contributed by atoms with Crippen LogP contribution in [0.1, 0.15) is 76.2 Å². The lowest BCUT2D eigenvalue weighted by atomic mass is 9.84. The molecule has 11 nitrogen and oxygen atoms in total. The van der Waals surface area contributed by atoms with Gasteiger partial charge in [0.25, 0.3) is 11.8 Å². The largest absolute Gasteiger partial charge is 0.465 e. The summed E-state index contributed by atoms with van der Waals surface area (Å²) in [7, 11) is 0. The first-order valence-electron chi connectivity index (χ1n) is 17.5. The molecule has 6 rings (SSSR count). The summed E-state index contributed by atoms with van der Waals surface area (Å²) in [5.74, 6) is 0.00151.